The van der Waals surface area contributed by atoms with Crippen LogP contribution >= 0.6 is 21.6 Å². The fraction of sp³-hybridized carbons (Fsp3) is 0. The Morgan fingerprint density at radius 1 is 0.393 bits per heavy atom. The molecule has 0 radical (unpaired) electrons. The molecule has 9 aromatic carbocycles. The monoisotopic (exact) mass is 819 g/mol. The Hall–Kier alpha value is -7.10. The topological polar surface area (TPSA) is 3.24 Å². The minimum Gasteiger partial charge on any atom is -0.311 e. The second-order valence-corrected chi connectivity index (χ2v) is 18.6. The Bertz CT molecular complexity index is 3010. The van der Waals surface area contributed by atoms with Crippen molar-refractivity contribution in [3.8, 4) is 44.5 Å². The molecule has 0 fully saturated rings. The van der Waals surface area contributed by atoms with Crippen molar-refractivity contribution in [2.24, 2.45) is 0 Å². The standard InChI is InChI=1S/C58H42ClNS/c1-3-41-26-33-51(34-27-41)61(52-25-14-16-42(4-2)38-52)56-37-30-45(43-28-31-50(32-29-43)60(48-21-10-6-11-22-48)49-23-12-7-13-24-49)40-55(56)57-53(44-17-8-5-9-18-44)35-36-54(58(57)61)46-19-15-20-47(59)39-46/h3-40H,1-2H2. The summed E-state index contributed by atoms with van der Waals surface area (Å²) in [6, 6.07) is 79.1. The van der Waals surface area contributed by atoms with Gasteiger partial charge in [-0.05, 0) is 135 Å². The van der Waals surface area contributed by atoms with E-state index in [9.17, 15) is 0 Å². The summed E-state index contributed by atoms with van der Waals surface area (Å²) in [5, 5.41) is 0.710. The molecule has 3 heteroatoms. The highest BCUT2D eigenvalue weighted by Crippen LogP contribution is 2.82. The highest BCUT2D eigenvalue weighted by atomic mass is 35.5. The zero-order valence-corrected chi connectivity index (χ0v) is 35.2. The molecule has 10 rings (SSSR count). The van der Waals surface area contributed by atoms with Crippen LogP contribution in [-0.2, 0) is 0 Å². The van der Waals surface area contributed by atoms with E-state index in [1.165, 1.54) is 47.4 Å². The van der Waals surface area contributed by atoms with E-state index in [4.69, 9.17) is 11.6 Å². The van der Waals surface area contributed by atoms with Crippen molar-refractivity contribution in [1.29, 1.82) is 0 Å². The van der Waals surface area contributed by atoms with Gasteiger partial charge in [0.25, 0.3) is 0 Å². The van der Waals surface area contributed by atoms with E-state index < -0.39 is 10.0 Å². The van der Waals surface area contributed by atoms with Crippen molar-refractivity contribution in [3.63, 3.8) is 0 Å². The molecule has 0 aliphatic carbocycles. The quantitative estimate of drug-likeness (QED) is 0.133. The van der Waals surface area contributed by atoms with Gasteiger partial charge >= 0.3 is 0 Å². The third-order valence-corrected chi connectivity index (χ3v) is 15.9. The van der Waals surface area contributed by atoms with E-state index in [1.54, 1.807) is 0 Å². The predicted molar refractivity (Wildman–Crippen MR) is 262 cm³/mol. The van der Waals surface area contributed by atoms with Crippen LogP contribution in [0.25, 0.3) is 56.7 Å². The molecule has 0 saturated heterocycles. The molecular formula is C58H42ClNS. The van der Waals surface area contributed by atoms with Crippen molar-refractivity contribution in [3.05, 3.63) is 248 Å². The maximum atomic E-state index is 6.81. The molecular weight excluding hydrogens is 778 g/mol. The number of hydrogen-bond acceptors (Lipinski definition) is 1. The summed E-state index contributed by atoms with van der Waals surface area (Å²) in [4.78, 5) is 7.43. The Balaban J connectivity index is 1.26. The highest BCUT2D eigenvalue weighted by Gasteiger charge is 2.45. The average Bonchev–Trinajstić information content (AvgIpc) is 3.64. The minimum absolute atomic E-state index is 0.710. The van der Waals surface area contributed by atoms with Crippen molar-refractivity contribution in [2.75, 3.05) is 4.90 Å². The van der Waals surface area contributed by atoms with Crippen LogP contribution in [0.1, 0.15) is 11.1 Å². The molecule has 0 aromatic heterocycles. The Kier molecular flexibility index (Phi) is 10.1. The minimum atomic E-state index is -2.13. The largest absolute Gasteiger partial charge is 0.311 e. The van der Waals surface area contributed by atoms with E-state index in [-0.39, 0.29) is 0 Å². The van der Waals surface area contributed by atoms with Crippen molar-refractivity contribution in [2.45, 2.75) is 19.6 Å². The van der Waals surface area contributed by atoms with Crippen molar-refractivity contribution < 1.29 is 0 Å². The lowest BCUT2D eigenvalue weighted by atomic mass is 9.90. The number of halogens is 1. The first-order chi connectivity index (χ1) is 30.1. The second kappa shape index (κ2) is 16.2. The van der Waals surface area contributed by atoms with Crippen LogP contribution in [-0.4, -0.2) is 0 Å². The lowest BCUT2D eigenvalue weighted by Crippen LogP contribution is -2.09. The summed E-state index contributed by atoms with van der Waals surface area (Å²) in [5.74, 6) is 0. The second-order valence-electron chi connectivity index (χ2n) is 15.2. The molecule has 0 N–H and O–H groups in total. The van der Waals surface area contributed by atoms with Gasteiger partial charge in [-0.3, -0.25) is 0 Å². The molecule has 0 saturated carbocycles. The summed E-state index contributed by atoms with van der Waals surface area (Å²) < 4.78 is 0. The number of nitrogens with zero attached hydrogens (tertiary/aromatic N) is 1. The van der Waals surface area contributed by atoms with Crippen molar-refractivity contribution in [1.82, 2.24) is 0 Å². The van der Waals surface area contributed by atoms with Crippen molar-refractivity contribution >= 4 is 50.8 Å². The van der Waals surface area contributed by atoms with Gasteiger partial charge in [0, 0.05) is 47.2 Å². The molecule has 1 aliphatic rings. The van der Waals surface area contributed by atoms with Crippen LogP contribution in [0.4, 0.5) is 17.1 Å². The summed E-state index contributed by atoms with van der Waals surface area (Å²) in [6.07, 6.45) is 3.87. The van der Waals surface area contributed by atoms with Gasteiger partial charge in [0.05, 0.1) is 0 Å². The average molecular weight is 821 g/mol. The molecule has 1 atom stereocenters. The molecule has 9 aromatic rings. The zero-order chi connectivity index (χ0) is 41.3. The Morgan fingerprint density at radius 2 is 0.984 bits per heavy atom. The Morgan fingerprint density at radius 3 is 1.64 bits per heavy atom. The van der Waals surface area contributed by atoms with Gasteiger partial charge in [0.1, 0.15) is 0 Å². The van der Waals surface area contributed by atoms with Gasteiger partial charge in [-0.25, -0.2) is 0 Å². The van der Waals surface area contributed by atoms with Gasteiger partial charge < -0.3 is 4.90 Å². The van der Waals surface area contributed by atoms with Crippen LogP contribution in [0.2, 0.25) is 5.02 Å². The Labute approximate surface area is 365 Å². The van der Waals surface area contributed by atoms with Crippen LogP contribution in [0.5, 0.6) is 0 Å². The molecule has 0 amide bonds. The highest BCUT2D eigenvalue weighted by molar-refractivity contribution is 8.34. The molecule has 292 valence electrons. The smallest absolute Gasteiger partial charge is 0.0462 e. The van der Waals surface area contributed by atoms with Crippen LogP contribution in [0.15, 0.2) is 251 Å². The summed E-state index contributed by atoms with van der Waals surface area (Å²) >= 11 is 6.81. The number of benzene rings is 9. The van der Waals surface area contributed by atoms with E-state index in [0.717, 1.165) is 44.9 Å². The maximum absolute atomic E-state index is 6.81. The molecule has 61 heavy (non-hydrogen) atoms. The van der Waals surface area contributed by atoms with Gasteiger partial charge in [-0.2, -0.15) is 0 Å². The number of hydrogen-bond donors (Lipinski definition) is 0. The first-order valence-corrected chi connectivity index (χ1v) is 22.5. The lowest BCUT2D eigenvalue weighted by molar-refractivity contribution is 1.28. The fourth-order valence-electron chi connectivity index (χ4n) is 8.86. The van der Waals surface area contributed by atoms with Crippen LogP contribution in [0.3, 0.4) is 0 Å². The molecule has 0 spiro atoms. The van der Waals surface area contributed by atoms with Crippen LogP contribution in [0, 0.1) is 0 Å². The molecule has 1 aliphatic heterocycles. The molecule has 1 unspecified atom stereocenters. The third-order valence-electron chi connectivity index (χ3n) is 11.7. The number of para-hydroxylation sites is 2. The zero-order valence-electron chi connectivity index (χ0n) is 33.6. The van der Waals surface area contributed by atoms with Gasteiger partial charge in [-0.1, -0.05) is 170 Å². The maximum Gasteiger partial charge on any atom is 0.0462 e. The van der Waals surface area contributed by atoms with E-state index in [1.807, 2.05) is 18.2 Å². The van der Waals surface area contributed by atoms with E-state index in [0.29, 0.717) is 5.02 Å². The first-order valence-electron chi connectivity index (χ1n) is 20.5. The lowest BCUT2D eigenvalue weighted by Gasteiger charge is -2.41. The van der Waals surface area contributed by atoms with E-state index in [2.05, 4.69) is 230 Å². The van der Waals surface area contributed by atoms with E-state index >= 15 is 0 Å². The predicted octanol–water partition coefficient (Wildman–Crippen LogP) is 17.4. The molecule has 1 nitrogen and oxygen atoms in total. The fourth-order valence-corrected chi connectivity index (χ4v) is 13.5. The first kappa shape index (κ1) is 38.1. The SMILES string of the molecule is C=Cc1ccc(S2(c3cccc(C=C)c3)c3ccc(-c4ccc(N(c5ccccc5)c5ccccc5)cc4)cc3-c3c(-c4ccccc4)ccc(-c4cccc(Cl)c4)c32)cc1. The number of anilines is 3. The summed E-state index contributed by atoms with van der Waals surface area (Å²) in [6.45, 7) is 8.31. The molecule has 1 heterocycles. The third kappa shape index (κ3) is 6.71. The number of fused-ring (bicyclic) bond motifs is 3. The molecule has 0 bridgehead atoms. The summed E-state index contributed by atoms with van der Waals surface area (Å²) in [7, 11) is -2.13. The van der Waals surface area contributed by atoms with Gasteiger partial charge in [0.2, 0.25) is 0 Å². The number of rotatable bonds is 10. The summed E-state index contributed by atoms with van der Waals surface area (Å²) in [5.41, 5.74) is 14.9. The normalized spacial score (nSPS) is 14.9. The van der Waals surface area contributed by atoms with Gasteiger partial charge in [0.15, 0.2) is 0 Å². The van der Waals surface area contributed by atoms with Crippen LogP contribution < -0.4 is 4.90 Å². The van der Waals surface area contributed by atoms with Gasteiger partial charge in [-0.15, -0.1) is 10.0 Å².